The predicted molar refractivity (Wildman–Crippen MR) is 142 cm³/mol. The molecule has 0 saturated heterocycles. The van der Waals surface area contributed by atoms with Crippen LogP contribution in [-0.4, -0.2) is 21.5 Å². The highest BCUT2D eigenvalue weighted by atomic mass is 35.5. The Kier molecular flexibility index (Phi) is 6.51. The number of carbonyl (C=O) groups is 2. The minimum atomic E-state index is -0.772. The van der Waals surface area contributed by atoms with Gasteiger partial charge in [-0.2, -0.15) is 4.37 Å². The molecule has 1 heterocycles. The van der Waals surface area contributed by atoms with E-state index in [1.807, 2.05) is 79.7 Å². The van der Waals surface area contributed by atoms with Crippen LogP contribution in [0, 0.1) is 6.92 Å². The molecule has 5 rings (SSSR count). The Morgan fingerprint density at radius 1 is 1.06 bits per heavy atom. The molecule has 0 radical (unpaired) electrons. The monoisotopic (exact) mass is 518 g/mol. The van der Waals surface area contributed by atoms with Gasteiger partial charge in [0.15, 0.2) is 0 Å². The summed E-state index contributed by atoms with van der Waals surface area (Å²) in [6, 6.07) is 22.7. The number of nitrogens with zero attached hydrogens (tertiary/aromatic N) is 1. The zero-order chi connectivity index (χ0) is 25.3. The predicted octanol–water partition coefficient (Wildman–Crippen LogP) is 7.30. The van der Waals surface area contributed by atoms with E-state index in [0.29, 0.717) is 29.2 Å². The lowest BCUT2D eigenvalue weighted by molar-refractivity contribution is -0.140. The number of aliphatic carboxylic acids is 1. The molecule has 4 aromatic rings. The van der Waals surface area contributed by atoms with Crippen LogP contribution in [0.5, 0.6) is 0 Å². The summed E-state index contributed by atoms with van der Waals surface area (Å²) in [6.07, 6.45) is 0.782. The third-order valence-electron chi connectivity index (χ3n) is 6.44. The van der Waals surface area contributed by atoms with Gasteiger partial charge in [0.1, 0.15) is 6.61 Å². The number of ether oxygens (including phenoxy) is 1. The zero-order valence-electron chi connectivity index (χ0n) is 19.5. The number of carbonyl (C=O) groups excluding carboxylic acids is 1. The number of halogens is 1. The molecule has 0 bridgehead atoms. The fraction of sp³-hybridized carbons (Fsp3) is 0.179. The Bertz CT molecular complexity index is 1430. The molecule has 1 amide bonds. The third kappa shape index (κ3) is 4.72. The first-order valence-corrected chi connectivity index (χ1v) is 12.6. The first-order valence-electron chi connectivity index (χ1n) is 11.5. The van der Waals surface area contributed by atoms with E-state index in [9.17, 15) is 14.7 Å². The van der Waals surface area contributed by atoms with E-state index >= 15 is 0 Å². The van der Waals surface area contributed by atoms with Crippen LogP contribution in [0.3, 0.4) is 0 Å². The van der Waals surface area contributed by atoms with E-state index in [1.54, 1.807) is 0 Å². The van der Waals surface area contributed by atoms with Crippen molar-refractivity contribution in [2.75, 3.05) is 5.32 Å². The van der Waals surface area contributed by atoms with E-state index in [1.165, 1.54) is 11.5 Å². The molecule has 182 valence electrons. The number of nitrogens with one attached hydrogen (secondary N) is 1. The van der Waals surface area contributed by atoms with Crippen LogP contribution < -0.4 is 5.32 Å². The van der Waals surface area contributed by atoms with Crippen molar-refractivity contribution in [1.82, 2.24) is 4.37 Å². The van der Waals surface area contributed by atoms with Crippen molar-refractivity contribution in [1.29, 1.82) is 0 Å². The van der Waals surface area contributed by atoms with Crippen LogP contribution in [0.1, 0.15) is 29.7 Å². The quantitative estimate of drug-likeness (QED) is 0.268. The van der Waals surface area contributed by atoms with Crippen molar-refractivity contribution in [3.05, 3.63) is 94.6 Å². The molecule has 8 heteroatoms. The van der Waals surface area contributed by atoms with Gasteiger partial charge in [0, 0.05) is 10.6 Å². The standard InChI is InChI=1S/C28H23ClN2O4S/c1-17-24(30-27(34)35-16-18-5-3-2-4-6-18)25(36-31-17)20-9-12-22(23(29)15-20)19-7-10-21(11-8-19)28(13-14-28)26(32)33/h2-12,15H,13-14,16H2,1H3,(H,30,34)(H,32,33). The first kappa shape index (κ1) is 24.0. The third-order valence-corrected chi connectivity index (χ3v) is 7.74. The maximum Gasteiger partial charge on any atom is 0.412 e. The van der Waals surface area contributed by atoms with Crippen LogP contribution in [0.15, 0.2) is 72.8 Å². The second-order valence-electron chi connectivity index (χ2n) is 8.82. The van der Waals surface area contributed by atoms with Crippen LogP contribution >= 0.6 is 23.1 Å². The lowest BCUT2D eigenvalue weighted by atomic mass is 9.93. The van der Waals surface area contributed by atoms with Crippen LogP contribution in [0.4, 0.5) is 10.5 Å². The molecular formula is C28H23ClN2O4S. The normalized spacial score (nSPS) is 13.7. The van der Waals surface area contributed by atoms with Gasteiger partial charge in [-0.15, -0.1) is 0 Å². The minimum absolute atomic E-state index is 0.172. The molecule has 1 aliphatic rings. The maximum absolute atomic E-state index is 12.5. The van der Waals surface area contributed by atoms with Crippen molar-refractivity contribution in [2.24, 2.45) is 0 Å². The van der Waals surface area contributed by atoms with Gasteiger partial charge in [0.2, 0.25) is 0 Å². The lowest BCUT2D eigenvalue weighted by Crippen LogP contribution is -2.19. The summed E-state index contributed by atoms with van der Waals surface area (Å²) in [7, 11) is 0. The van der Waals surface area contributed by atoms with Crippen LogP contribution in [0.2, 0.25) is 5.02 Å². The summed E-state index contributed by atoms with van der Waals surface area (Å²) in [6.45, 7) is 2.00. The smallest absolute Gasteiger partial charge is 0.412 e. The number of benzene rings is 3. The second kappa shape index (κ2) is 9.76. The van der Waals surface area contributed by atoms with Crippen molar-refractivity contribution < 1.29 is 19.4 Å². The summed E-state index contributed by atoms with van der Waals surface area (Å²) < 4.78 is 9.77. The lowest BCUT2D eigenvalue weighted by Gasteiger charge is -2.12. The molecule has 0 atom stereocenters. The summed E-state index contributed by atoms with van der Waals surface area (Å²) in [5.41, 5.74) is 4.84. The number of aromatic nitrogens is 1. The van der Waals surface area contributed by atoms with Gasteiger partial charge in [0.25, 0.3) is 0 Å². The molecule has 2 N–H and O–H groups in total. The topological polar surface area (TPSA) is 88.5 Å². The molecule has 1 fully saturated rings. The van der Waals surface area contributed by atoms with Gasteiger partial charge in [0.05, 0.1) is 21.7 Å². The highest BCUT2D eigenvalue weighted by Crippen LogP contribution is 2.49. The van der Waals surface area contributed by atoms with Crippen molar-refractivity contribution in [3.63, 3.8) is 0 Å². The molecule has 3 aromatic carbocycles. The van der Waals surface area contributed by atoms with E-state index in [0.717, 1.165) is 32.7 Å². The maximum atomic E-state index is 12.5. The van der Waals surface area contributed by atoms with Gasteiger partial charge < -0.3 is 9.84 Å². The number of aryl methyl sites for hydroxylation is 1. The number of hydrogen-bond donors (Lipinski definition) is 2. The number of carboxylic acid groups (broad SMARTS) is 1. The Morgan fingerprint density at radius 3 is 2.39 bits per heavy atom. The van der Waals surface area contributed by atoms with Crippen molar-refractivity contribution in [3.8, 4) is 21.6 Å². The highest BCUT2D eigenvalue weighted by Gasteiger charge is 2.51. The summed E-state index contributed by atoms with van der Waals surface area (Å²) in [5.74, 6) is -0.772. The van der Waals surface area contributed by atoms with Crippen LogP contribution in [-0.2, 0) is 21.6 Å². The molecule has 1 aromatic heterocycles. The molecular weight excluding hydrogens is 496 g/mol. The summed E-state index contributed by atoms with van der Waals surface area (Å²) in [5, 5.41) is 12.9. The molecule has 0 aliphatic heterocycles. The first-order chi connectivity index (χ1) is 17.4. The number of hydrogen-bond acceptors (Lipinski definition) is 5. The number of carboxylic acids is 1. The molecule has 0 spiro atoms. The largest absolute Gasteiger partial charge is 0.481 e. The van der Waals surface area contributed by atoms with Crippen molar-refractivity contribution >= 4 is 40.9 Å². The van der Waals surface area contributed by atoms with E-state index in [2.05, 4.69) is 9.69 Å². The Balaban J connectivity index is 1.33. The number of amides is 1. The Morgan fingerprint density at radius 2 is 1.75 bits per heavy atom. The summed E-state index contributed by atoms with van der Waals surface area (Å²) in [4.78, 5) is 24.8. The SMILES string of the molecule is Cc1nsc(-c2ccc(-c3ccc(C4(C(=O)O)CC4)cc3)c(Cl)c2)c1NC(=O)OCc1ccccc1. The van der Waals surface area contributed by atoms with Gasteiger partial charge in [-0.1, -0.05) is 78.3 Å². The number of rotatable bonds is 7. The molecule has 1 aliphatic carbocycles. The van der Waals surface area contributed by atoms with Gasteiger partial charge >= 0.3 is 12.1 Å². The van der Waals surface area contributed by atoms with Gasteiger partial charge in [-0.25, -0.2) is 4.79 Å². The number of anilines is 1. The van der Waals surface area contributed by atoms with Crippen LogP contribution in [0.25, 0.3) is 21.6 Å². The Labute approximate surface area is 217 Å². The molecule has 1 saturated carbocycles. The second-order valence-corrected chi connectivity index (χ2v) is 10.00. The minimum Gasteiger partial charge on any atom is -0.481 e. The van der Waals surface area contributed by atoms with Crippen molar-refractivity contribution in [2.45, 2.75) is 31.8 Å². The molecule has 0 unspecified atom stereocenters. The Hall–Kier alpha value is -3.68. The zero-order valence-corrected chi connectivity index (χ0v) is 21.0. The van der Waals surface area contributed by atoms with Gasteiger partial charge in [-0.05, 0) is 59.6 Å². The average Bonchev–Trinajstić information content (AvgIpc) is 3.63. The fourth-order valence-corrected chi connectivity index (χ4v) is 5.32. The average molecular weight is 519 g/mol. The molecule has 6 nitrogen and oxygen atoms in total. The summed E-state index contributed by atoms with van der Waals surface area (Å²) >= 11 is 7.94. The van der Waals surface area contributed by atoms with E-state index < -0.39 is 17.5 Å². The fourth-order valence-electron chi connectivity index (χ4n) is 4.19. The van der Waals surface area contributed by atoms with E-state index in [-0.39, 0.29) is 6.61 Å². The van der Waals surface area contributed by atoms with Gasteiger partial charge in [-0.3, -0.25) is 10.1 Å². The van der Waals surface area contributed by atoms with E-state index in [4.69, 9.17) is 16.3 Å². The highest BCUT2D eigenvalue weighted by molar-refractivity contribution is 7.10. The molecule has 36 heavy (non-hydrogen) atoms.